The predicted octanol–water partition coefficient (Wildman–Crippen LogP) is 2.35. The average Bonchev–Trinajstić information content (AvgIpc) is 2.24. The van der Waals surface area contributed by atoms with E-state index in [-0.39, 0.29) is 0 Å². The van der Waals surface area contributed by atoms with Gasteiger partial charge in [-0.15, -0.1) is 0 Å². The summed E-state index contributed by atoms with van der Waals surface area (Å²) >= 11 is 0. The van der Waals surface area contributed by atoms with Crippen LogP contribution in [0.1, 0.15) is 5.69 Å². The number of hydrogen-bond acceptors (Lipinski definition) is 4. The van der Waals surface area contributed by atoms with Crippen molar-refractivity contribution in [3.8, 4) is 11.5 Å². The van der Waals surface area contributed by atoms with Crippen LogP contribution in [0.25, 0.3) is 0 Å². The number of anilines is 2. The van der Waals surface area contributed by atoms with Crippen molar-refractivity contribution >= 4 is 11.4 Å². The third-order valence-corrected chi connectivity index (χ3v) is 2.16. The Hall–Kier alpha value is -2.23. The Morgan fingerprint density at radius 1 is 1.00 bits per heavy atom. The molecular weight excluding hydrogens is 202 g/mol. The molecule has 1 aromatic carbocycles. The first-order chi connectivity index (χ1) is 7.65. The molecule has 0 aliphatic rings. The fourth-order valence-electron chi connectivity index (χ4n) is 1.34. The van der Waals surface area contributed by atoms with Gasteiger partial charge in [0.1, 0.15) is 11.5 Å². The number of rotatable bonds is 2. The summed E-state index contributed by atoms with van der Waals surface area (Å²) in [7, 11) is 0. The molecule has 1 heterocycles. The number of pyridine rings is 1. The van der Waals surface area contributed by atoms with Gasteiger partial charge in [-0.2, -0.15) is 0 Å². The zero-order valence-corrected chi connectivity index (χ0v) is 8.97. The zero-order valence-electron chi connectivity index (χ0n) is 8.97. The van der Waals surface area contributed by atoms with E-state index in [4.69, 9.17) is 16.2 Å². The SMILES string of the molecule is Cc1cc(Oc2ccc(N)c(N)c2)ccn1. The van der Waals surface area contributed by atoms with Crippen molar-refractivity contribution in [2.24, 2.45) is 0 Å². The van der Waals surface area contributed by atoms with E-state index < -0.39 is 0 Å². The minimum atomic E-state index is 0.517. The molecule has 2 rings (SSSR count). The monoisotopic (exact) mass is 215 g/mol. The van der Waals surface area contributed by atoms with Crippen LogP contribution in [0.5, 0.6) is 11.5 Å². The van der Waals surface area contributed by atoms with Gasteiger partial charge in [-0.25, -0.2) is 0 Å². The summed E-state index contributed by atoms with van der Waals surface area (Å²) in [5, 5.41) is 0. The molecule has 1 aromatic heterocycles. The van der Waals surface area contributed by atoms with Crippen molar-refractivity contribution in [1.82, 2.24) is 4.98 Å². The van der Waals surface area contributed by atoms with Crippen LogP contribution in [-0.4, -0.2) is 4.98 Å². The number of nitrogens with two attached hydrogens (primary N) is 2. The van der Waals surface area contributed by atoms with Gasteiger partial charge in [0, 0.05) is 24.0 Å². The quantitative estimate of drug-likeness (QED) is 0.754. The zero-order chi connectivity index (χ0) is 11.5. The number of aryl methyl sites for hydroxylation is 1. The lowest BCUT2D eigenvalue weighted by atomic mass is 10.2. The Bertz CT molecular complexity index is 511. The van der Waals surface area contributed by atoms with Crippen molar-refractivity contribution in [1.29, 1.82) is 0 Å². The minimum Gasteiger partial charge on any atom is -0.457 e. The second-order valence-electron chi connectivity index (χ2n) is 3.53. The Kier molecular flexibility index (Phi) is 2.64. The van der Waals surface area contributed by atoms with Crippen molar-refractivity contribution in [2.45, 2.75) is 6.92 Å². The first kappa shape index (κ1) is 10.3. The third kappa shape index (κ3) is 2.23. The number of nitrogens with zero attached hydrogens (tertiary/aromatic N) is 1. The number of ether oxygens (including phenoxy) is 1. The molecule has 4 N–H and O–H groups in total. The lowest BCUT2D eigenvalue weighted by Crippen LogP contribution is -1.95. The normalized spacial score (nSPS) is 10.1. The number of hydrogen-bond donors (Lipinski definition) is 2. The lowest BCUT2D eigenvalue weighted by Gasteiger charge is -2.07. The maximum atomic E-state index is 5.69. The molecule has 2 aromatic rings. The molecule has 0 saturated heterocycles. The molecule has 16 heavy (non-hydrogen) atoms. The van der Waals surface area contributed by atoms with Crippen molar-refractivity contribution in [3.63, 3.8) is 0 Å². The summed E-state index contributed by atoms with van der Waals surface area (Å²) in [5.74, 6) is 1.40. The van der Waals surface area contributed by atoms with E-state index in [9.17, 15) is 0 Å². The van der Waals surface area contributed by atoms with E-state index in [2.05, 4.69) is 4.98 Å². The Morgan fingerprint density at radius 3 is 2.44 bits per heavy atom. The molecule has 0 aliphatic carbocycles. The first-order valence-corrected chi connectivity index (χ1v) is 4.90. The molecule has 0 spiro atoms. The van der Waals surface area contributed by atoms with Gasteiger partial charge < -0.3 is 16.2 Å². The van der Waals surface area contributed by atoms with Crippen LogP contribution in [0.2, 0.25) is 0 Å². The van der Waals surface area contributed by atoms with Gasteiger partial charge in [0.05, 0.1) is 11.4 Å². The molecule has 0 aliphatic heterocycles. The first-order valence-electron chi connectivity index (χ1n) is 4.90. The van der Waals surface area contributed by atoms with Gasteiger partial charge in [0.25, 0.3) is 0 Å². The smallest absolute Gasteiger partial charge is 0.130 e. The highest BCUT2D eigenvalue weighted by atomic mass is 16.5. The predicted molar refractivity (Wildman–Crippen MR) is 64.3 cm³/mol. The van der Waals surface area contributed by atoms with E-state index in [0.717, 1.165) is 11.4 Å². The molecule has 0 atom stereocenters. The summed E-state index contributed by atoms with van der Waals surface area (Å²) in [6.07, 6.45) is 1.70. The van der Waals surface area contributed by atoms with Crippen LogP contribution < -0.4 is 16.2 Å². The minimum absolute atomic E-state index is 0.517. The van der Waals surface area contributed by atoms with Crippen molar-refractivity contribution < 1.29 is 4.74 Å². The van der Waals surface area contributed by atoms with Crippen molar-refractivity contribution in [2.75, 3.05) is 11.5 Å². The summed E-state index contributed by atoms with van der Waals surface area (Å²) in [6, 6.07) is 8.84. The van der Waals surface area contributed by atoms with Gasteiger partial charge in [0.15, 0.2) is 0 Å². The highest BCUT2D eigenvalue weighted by Gasteiger charge is 2.00. The molecule has 0 saturated carbocycles. The Labute approximate surface area is 93.9 Å². The van der Waals surface area contributed by atoms with Crippen LogP contribution >= 0.6 is 0 Å². The lowest BCUT2D eigenvalue weighted by molar-refractivity contribution is 0.482. The van der Waals surface area contributed by atoms with Gasteiger partial charge in [-0.05, 0) is 25.1 Å². The van der Waals surface area contributed by atoms with Crippen LogP contribution in [0.4, 0.5) is 11.4 Å². The third-order valence-electron chi connectivity index (χ3n) is 2.16. The van der Waals surface area contributed by atoms with Gasteiger partial charge in [-0.3, -0.25) is 4.98 Å². The molecular formula is C12H13N3O. The van der Waals surface area contributed by atoms with Crippen molar-refractivity contribution in [3.05, 3.63) is 42.2 Å². The molecule has 0 bridgehead atoms. The highest BCUT2D eigenvalue weighted by molar-refractivity contribution is 5.65. The summed E-state index contributed by atoms with van der Waals surface area (Å²) < 4.78 is 5.62. The molecule has 0 radical (unpaired) electrons. The van der Waals surface area contributed by atoms with Crippen LogP contribution in [0.3, 0.4) is 0 Å². The number of benzene rings is 1. The van der Waals surface area contributed by atoms with E-state index >= 15 is 0 Å². The van der Waals surface area contributed by atoms with Crippen LogP contribution in [0.15, 0.2) is 36.5 Å². The van der Waals surface area contributed by atoms with Gasteiger partial charge in [-0.1, -0.05) is 0 Å². The standard InChI is InChI=1S/C12H13N3O/c1-8-6-10(4-5-15-8)16-9-2-3-11(13)12(14)7-9/h2-7H,13-14H2,1H3. The van der Waals surface area contributed by atoms with Crippen LogP contribution in [0, 0.1) is 6.92 Å². The average molecular weight is 215 g/mol. The largest absolute Gasteiger partial charge is 0.457 e. The fourth-order valence-corrected chi connectivity index (χ4v) is 1.34. The van der Waals surface area contributed by atoms with E-state index in [1.807, 2.05) is 13.0 Å². The Morgan fingerprint density at radius 2 is 1.75 bits per heavy atom. The maximum Gasteiger partial charge on any atom is 0.130 e. The second kappa shape index (κ2) is 4.10. The second-order valence-corrected chi connectivity index (χ2v) is 3.53. The topological polar surface area (TPSA) is 74.2 Å². The molecule has 4 heteroatoms. The number of aromatic nitrogens is 1. The Balaban J connectivity index is 2.24. The molecule has 4 nitrogen and oxygen atoms in total. The number of nitrogen functional groups attached to an aromatic ring is 2. The summed E-state index contributed by atoms with van der Waals surface area (Å²) in [5.41, 5.74) is 13.3. The van der Waals surface area contributed by atoms with E-state index in [0.29, 0.717) is 17.1 Å². The van der Waals surface area contributed by atoms with E-state index in [1.165, 1.54) is 0 Å². The molecule has 0 fully saturated rings. The highest BCUT2D eigenvalue weighted by Crippen LogP contribution is 2.26. The maximum absolute atomic E-state index is 5.69. The molecule has 0 amide bonds. The molecule has 0 unspecified atom stereocenters. The van der Waals surface area contributed by atoms with Crippen LogP contribution in [-0.2, 0) is 0 Å². The van der Waals surface area contributed by atoms with Gasteiger partial charge >= 0.3 is 0 Å². The summed E-state index contributed by atoms with van der Waals surface area (Å²) in [4.78, 5) is 4.09. The fraction of sp³-hybridized carbons (Fsp3) is 0.0833. The summed E-state index contributed by atoms with van der Waals surface area (Å²) in [6.45, 7) is 1.91. The molecule has 82 valence electrons. The van der Waals surface area contributed by atoms with E-state index in [1.54, 1.807) is 30.5 Å². The van der Waals surface area contributed by atoms with Gasteiger partial charge in [0.2, 0.25) is 0 Å².